The highest BCUT2D eigenvalue weighted by atomic mass is 127. The van der Waals surface area contributed by atoms with Gasteiger partial charge in [-0.15, -0.1) is 30.4 Å². The molecule has 3 nitrogen and oxygen atoms in total. The lowest BCUT2D eigenvalue weighted by Gasteiger charge is -2.17. The monoisotopic (exact) mass is 375 g/mol. The second-order valence-electron chi connectivity index (χ2n) is 4.00. The summed E-state index contributed by atoms with van der Waals surface area (Å²) in [4.78, 5) is 4.04. The zero-order valence-corrected chi connectivity index (χ0v) is 13.7. The highest BCUT2D eigenvalue weighted by Gasteiger charge is 2.09. The SMILES string of the molecule is C#CCNC(=NC)NC(C)c1ccc(C)c(F)c1.I. The fourth-order valence-corrected chi connectivity index (χ4v) is 1.50. The van der Waals surface area contributed by atoms with Crippen molar-refractivity contribution in [1.29, 1.82) is 0 Å². The van der Waals surface area contributed by atoms with E-state index in [9.17, 15) is 4.39 Å². The van der Waals surface area contributed by atoms with Gasteiger partial charge in [0.15, 0.2) is 5.96 Å². The number of nitrogens with one attached hydrogen (secondary N) is 2. The number of halogens is 2. The first kappa shape index (κ1) is 17.7. The van der Waals surface area contributed by atoms with Gasteiger partial charge >= 0.3 is 0 Å². The Hall–Kier alpha value is -1.29. The van der Waals surface area contributed by atoms with Crippen LogP contribution in [0.2, 0.25) is 0 Å². The molecule has 1 aromatic carbocycles. The van der Waals surface area contributed by atoms with E-state index in [1.54, 1.807) is 20.0 Å². The lowest BCUT2D eigenvalue weighted by Crippen LogP contribution is -2.38. The minimum absolute atomic E-state index is 0. The summed E-state index contributed by atoms with van der Waals surface area (Å²) in [7, 11) is 1.66. The molecule has 0 saturated heterocycles. The second kappa shape index (κ2) is 8.75. The van der Waals surface area contributed by atoms with Gasteiger partial charge in [0.1, 0.15) is 5.82 Å². The molecule has 0 aliphatic carbocycles. The maximum atomic E-state index is 13.5. The van der Waals surface area contributed by atoms with Crippen molar-refractivity contribution in [2.75, 3.05) is 13.6 Å². The molecule has 0 amide bonds. The van der Waals surface area contributed by atoms with E-state index in [-0.39, 0.29) is 35.8 Å². The molecule has 2 N–H and O–H groups in total. The molecule has 0 fully saturated rings. The summed E-state index contributed by atoms with van der Waals surface area (Å²) in [5.74, 6) is 2.87. The van der Waals surface area contributed by atoms with Crippen LogP contribution in [0.25, 0.3) is 0 Å². The third-order valence-corrected chi connectivity index (χ3v) is 2.63. The van der Waals surface area contributed by atoms with Crippen LogP contribution in [0.4, 0.5) is 4.39 Å². The van der Waals surface area contributed by atoms with Crippen LogP contribution in [-0.4, -0.2) is 19.6 Å². The number of nitrogens with zero attached hydrogens (tertiary/aromatic N) is 1. The Morgan fingerprint density at radius 2 is 2.21 bits per heavy atom. The van der Waals surface area contributed by atoms with E-state index < -0.39 is 0 Å². The van der Waals surface area contributed by atoms with Crippen LogP contribution < -0.4 is 10.6 Å². The Kier molecular flexibility index (Phi) is 8.16. The summed E-state index contributed by atoms with van der Waals surface area (Å²) < 4.78 is 13.5. The lowest BCUT2D eigenvalue weighted by atomic mass is 10.1. The van der Waals surface area contributed by atoms with Gasteiger partial charge in [-0.05, 0) is 31.0 Å². The minimum Gasteiger partial charge on any atom is -0.350 e. The first-order chi connectivity index (χ1) is 8.58. The normalized spacial score (nSPS) is 12.1. The standard InChI is InChI=1S/C14H18FN3.HI/c1-5-8-17-14(16-4)18-11(3)12-7-6-10(2)13(15)9-12;/h1,6-7,9,11H,8H2,2-4H3,(H2,16,17,18);1H. The molecule has 0 spiro atoms. The molecule has 0 aliphatic heterocycles. The van der Waals surface area contributed by atoms with Crippen molar-refractivity contribution >= 4 is 29.9 Å². The van der Waals surface area contributed by atoms with Crippen LogP contribution in [0.1, 0.15) is 24.1 Å². The summed E-state index contributed by atoms with van der Waals surface area (Å²) >= 11 is 0. The zero-order valence-electron chi connectivity index (χ0n) is 11.3. The fraction of sp³-hybridized carbons (Fsp3) is 0.357. The molecular formula is C14H19FIN3. The first-order valence-corrected chi connectivity index (χ1v) is 5.75. The van der Waals surface area contributed by atoms with Crippen LogP contribution >= 0.6 is 24.0 Å². The summed E-state index contributed by atoms with van der Waals surface area (Å²) in [6, 6.07) is 5.14. The maximum absolute atomic E-state index is 13.5. The van der Waals surface area contributed by atoms with Crippen LogP contribution in [0.3, 0.4) is 0 Å². The summed E-state index contributed by atoms with van der Waals surface area (Å²) in [6.07, 6.45) is 5.17. The summed E-state index contributed by atoms with van der Waals surface area (Å²) in [5.41, 5.74) is 1.50. The van der Waals surface area contributed by atoms with Gasteiger partial charge in [0.05, 0.1) is 12.6 Å². The molecule has 0 bridgehead atoms. The van der Waals surface area contributed by atoms with Crippen LogP contribution in [0, 0.1) is 25.1 Å². The molecule has 1 aromatic rings. The van der Waals surface area contributed by atoms with Crippen molar-refractivity contribution in [2.45, 2.75) is 19.9 Å². The summed E-state index contributed by atoms with van der Waals surface area (Å²) in [5, 5.41) is 6.10. The third kappa shape index (κ3) is 5.47. The number of hydrogen-bond acceptors (Lipinski definition) is 1. The Morgan fingerprint density at radius 3 is 2.74 bits per heavy atom. The number of hydrogen-bond donors (Lipinski definition) is 2. The highest BCUT2D eigenvalue weighted by molar-refractivity contribution is 14.0. The molecule has 0 saturated carbocycles. The third-order valence-electron chi connectivity index (χ3n) is 2.63. The van der Waals surface area contributed by atoms with E-state index in [0.29, 0.717) is 18.1 Å². The van der Waals surface area contributed by atoms with Gasteiger partial charge < -0.3 is 10.6 Å². The van der Waals surface area contributed by atoms with Crippen molar-refractivity contribution in [1.82, 2.24) is 10.6 Å². The predicted molar refractivity (Wildman–Crippen MR) is 88.3 cm³/mol. The van der Waals surface area contributed by atoms with Gasteiger partial charge in [0.2, 0.25) is 0 Å². The molecule has 19 heavy (non-hydrogen) atoms. The number of guanidine groups is 1. The minimum atomic E-state index is -0.201. The van der Waals surface area contributed by atoms with E-state index in [0.717, 1.165) is 5.56 Å². The van der Waals surface area contributed by atoms with Gasteiger partial charge in [-0.2, -0.15) is 0 Å². The van der Waals surface area contributed by atoms with Gasteiger partial charge in [0, 0.05) is 7.05 Å². The average molecular weight is 375 g/mol. The van der Waals surface area contributed by atoms with E-state index in [4.69, 9.17) is 6.42 Å². The van der Waals surface area contributed by atoms with Crippen LogP contribution in [0.15, 0.2) is 23.2 Å². The Morgan fingerprint density at radius 1 is 1.53 bits per heavy atom. The predicted octanol–water partition coefficient (Wildman–Crippen LogP) is 2.61. The smallest absolute Gasteiger partial charge is 0.192 e. The molecular weight excluding hydrogens is 356 g/mol. The quantitative estimate of drug-likeness (QED) is 0.369. The van der Waals surface area contributed by atoms with Gasteiger partial charge in [-0.1, -0.05) is 18.1 Å². The molecule has 0 aliphatic rings. The van der Waals surface area contributed by atoms with Gasteiger partial charge in [-0.25, -0.2) is 4.39 Å². The van der Waals surface area contributed by atoms with E-state index >= 15 is 0 Å². The van der Waals surface area contributed by atoms with Crippen molar-refractivity contribution in [2.24, 2.45) is 4.99 Å². The number of rotatable bonds is 3. The summed E-state index contributed by atoms with van der Waals surface area (Å²) in [6.45, 7) is 4.08. The van der Waals surface area contributed by atoms with Crippen molar-refractivity contribution in [3.63, 3.8) is 0 Å². The van der Waals surface area contributed by atoms with E-state index in [1.165, 1.54) is 6.07 Å². The van der Waals surface area contributed by atoms with Crippen molar-refractivity contribution < 1.29 is 4.39 Å². The van der Waals surface area contributed by atoms with E-state index in [1.807, 2.05) is 13.0 Å². The van der Waals surface area contributed by atoms with Crippen LogP contribution in [-0.2, 0) is 0 Å². The van der Waals surface area contributed by atoms with E-state index in [2.05, 4.69) is 21.5 Å². The largest absolute Gasteiger partial charge is 0.350 e. The molecule has 1 rings (SSSR count). The van der Waals surface area contributed by atoms with Crippen molar-refractivity contribution in [3.05, 3.63) is 35.1 Å². The lowest BCUT2D eigenvalue weighted by molar-refractivity contribution is 0.608. The molecule has 1 unspecified atom stereocenters. The Labute approximate surface area is 131 Å². The average Bonchev–Trinajstić information content (AvgIpc) is 2.37. The van der Waals surface area contributed by atoms with Gasteiger partial charge in [0.25, 0.3) is 0 Å². The number of terminal acetylenes is 1. The molecule has 0 heterocycles. The number of aryl methyl sites for hydroxylation is 1. The van der Waals surface area contributed by atoms with Gasteiger partial charge in [-0.3, -0.25) is 4.99 Å². The Balaban J connectivity index is 0.00000324. The Bertz CT molecular complexity index is 480. The highest BCUT2D eigenvalue weighted by Crippen LogP contribution is 2.15. The molecule has 1 atom stereocenters. The topological polar surface area (TPSA) is 36.4 Å². The maximum Gasteiger partial charge on any atom is 0.192 e. The van der Waals surface area contributed by atoms with Crippen LogP contribution in [0.5, 0.6) is 0 Å². The number of benzene rings is 1. The van der Waals surface area contributed by atoms with Crippen molar-refractivity contribution in [3.8, 4) is 12.3 Å². The zero-order chi connectivity index (χ0) is 13.5. The molecule has 5 heteroatoms. The molecule has 0 radical (unpaired) electrons. The first-order valence-electron chi connectivity index (χ1n) is 5.75. The second-order valence-corrected chi connectivity index (χ2v) is 4.00. The molecule has 104 valence electrons. The fourth-order valence-electron chi connectivity index (χ4n) is 1.50. The molecule has 0 aromatic heterocycles. The number of aliphatic imine (C=N–C) groups is 1.